The van der Waals surface area contributed by atoms with Gasteiger partial charge >= 0.3 is 12.3 Å². The third-order valence-corrected chi connectivity index (χ3v) is 7.97. The Bertz CT molecular complexity index is 1360. The molecule has 206 valence electrons. The van der Waals surface area contributed by atoms with E-state index < -0.39 is 57.3 Å². The number of alkyl halides is 3. The lowest BCUT2D eigenvalue weighted by atomic mass is 10.2. The van der Waals surface area contributed by atoms with Crippen molar-refractivity contribution in [1.29, 1.82) is 0 Å². The second-order valence-electron chi connectivity index (χ2n) is 7.70. The summed E-state index contributed by atoms with van der Waals surface area (Å²) in [5, 5.41) is 15.2. The zero-order valence-corrected chi connectivity index (χ0v) is 21.2. The first kappa shape index (κ1) is 28.3. The number of fused-ring (bicyclic) bond motifs is 1. The third-order valence-electron chi connectivity index (χ3n) is 4.90. The van der Waals surface area contributed by atoms with Gasteiger partial charge in [-0.25, -0.2) is 26.4 Å². The van der Waals surface area contributed by atoms with E-state index in [4.69, 9.17) is 14.6 Å². The van der Waals surface area contributed by atoms with Gasteiger partial charge in [0.25, 0.3) is 15.9 Å². The molecule has 0 saturated heterocycles. The number of benzene rings is 1. The van der Waals surface area contributed by atoms with Gasteiger partial charge in [0.2, 0.25) is 10.0 Å². The van der Waals surface area contributed by atoms with E-state index in [1.54, 1.807) is 18.6 Å². The molecule has 0 saturated carbocycles. The van der Waals surface area contributed by atoms with Crippen molar-refractivity contribution in [2.24, 2.45) is 0 Å². The SMILES string of the molecule is CCOc1nn(CC)cc1S(=O)(=O)N1CC(CNS(=O)(=O)CC(F)(F)F)Oc2ccc(NC(=O)O)cc21. The number of anilines is 2. The Morgan fingerprint density at radius 3 is 2.57 bits per heavy atom. The summed E-state index contributed by atoms with van der Waals surface area (Å²) in [4.78, 5) is 10.8. The van der Waals surface area contributed by atoms with Gasteiger partial charge in [0, 0.05) is 25.0 Å². The summed E-state index contributed by atoms with van der Waals surface area (Å²) >= 11 is 0. The molecule has 37 heavy (non-hydrogen) atoms. The van der Waals surface area contributed by atoms with E-state index in [0.717, 1.165) is 4.31 Å². The van der Waals surface area contributed by atoms with E-state index in [0.29, 0.717) is 6.54 Å². The summed E-state index contributed by atoms with van der Waals surface area (Å²) in [7, 11) is -9.25. The Morgan fingerprint density at radius 1 is 1.27 bits per heavy atom. The minimum atomic E-state index is -4.98. The van der Waals surface area contributed by atoms with Crippen molar-refractivity contribution in [2.45, 2.75) is 37.6 Å². The second kappa shape index (κ2) is 10.6. The molecule has 13 nitrogen and oxygen atoms in total. The molecule has 1 atom stereocenters. The maximum atomic E-state index is 13.8. The summed E-state index contributed by atoms with van der Waals surface area (Å²) in [6.45, 7) is 2.55. The maximum Gasteiger partial charge on any atom is 0.409 e. The lowest BCUT2D eigenvalue weighted by molar-refractivity contribution is -0.106. The van der Waals surface area contributed by atoms with Crippen molar-refractivity contribution in [3.63, 3.8) is 0 Å². The van der Waals surface area contributed by atoms with Gasteiger partial charge in [-0.3, -0.25) is 14.3 Å². The number of amides is 1. The Morgan fingerprint density at radius 2 is 1.97 bits per heavy atom. The van der Waals surface area contributed by atoms with E-state index >= 15 is 0 Å². The van der Waals surface area contributed by atoms with Crippen LogP contribution in [0.25, 0.3) is 0 Å². The smallest absolute Gasteiger partial charge is 0.409 e. The average Bonchev–Trinajstić information content (AvgIpc) is 3.19. The molecule has 1 aliphatic rings. The van der Waals surface area contributed by atoms with Crippen LogP contribution in [0.1, 0.15) is 13.8 Å². The fourth-order valence-corrected chi connectivity index (χ4v) is 5.96. The number of carboxylic acid groups (broad SMARTS) is 1. The summed E-state index contributed by atoms with van der Waals surface area (Å²) in [6, 6.07) is 3.71. The van der Waals surface area contributed by atoms with E-state index in [1.807, 2.05) is 0 Å². The van der Waals surface area contributed by atoms with Crippen LogP contribution in [0.15, 0.2) is 29.3 Å². The standard InChI is InChI=1S/C19H24F3N5O8S2/c1-3-26-10-16(17(25-26)34-4-2)37(32,33)27-9-13(8-23-36(30,31)11-19(20,21)22)35-15-6-5-12(7-14(15)27)24-18(28)29/h5-7,10,13,23-24H,3-4,8-9,11H2,1-2H3,(H,28,29). The molecule has 3 N–H and O–H groups in total. The first-order valence-corrected chi connectivity index (χ1v) is 13.8. The number of rotatable bonds is 10. The predicted molar refractivity (Wildman–Crippen MR) is 124 cm³/mol. The van der Waals surface area contributed by atoms with Crippen molar-refractivity contribution in [3.05, 3.63) is 24.4 Å². The quantitative estimate of drug-likeness (QED) is 0.385. The van der Waals surface area contributed by atoms with E-state index in [-0.39, 0.29) is 34.5 Å². The van der Waals surface area contributed by atoms with Crippen molar-refractivity contribution in [1.82, 2.24) is 14.5 Å². The number of sulfonamides is 2. The Kier molecular flexibility index (Phi) is 8.13. The highest BCUT2D eigenvalue weighted by Gasteiger charge is 2.39. The summed E-state index contributed by atoms with van der Waals surface area (Å²) < 4.78 is 104. The molecule has 1 unspecified atom stereocenters. The fourth-order valence-electron chi connectivity index (χ4n) is 3.41. The molecule has 2 heterocycles. The van der Waals surface area contributed by atoms with Crippen LogP contribution in [0.2, 0.25) is 0 Å². The Hall–Kier alpha value is -3.25. The van der Waals surface area contributed by atoms with Crippen LogP contribution < -0.4 is 23.8 Å². The monoisotopic (exact) mass is 571 g/mol. The molecular formula is C19H24F3N5O8S2. The molecule has 0 radical (unpaired) electrons. The van der Waals surface area contributed by atoms with Crippen molar-refractivity contribution in [3.8, 4) is 11.6 Å². The van der Waals surface area contributed by atoms with Crippen molar-refractivity contribution >= 4 is 37.5 Å². The van der Waals surface area contributed by atoms with E-state index in [1.165, 1.54) is 29.1 Å². The summed E-state index contributed by atoms with van der Waals surface area (Å²) in [5.41, 5.74) is -0.0824. The third kappa shape index (κ3) is 6.95. The molecule has 1 aromatic heterocycles. The molecule has 3 rings (SSSR count). The number of ether oxygens (including phenoxy) is 2. The maximum absolute atomic E-state index is 13.8. The van der Waals surface area contributed by atoms with Gasteiger partial charge in [0.15, 0.2) is 10.6 Å². The summed E-state index contributed by atoms with van der Waals surface area (Å²) in [6.07, 6.45) is -6.40. The highest BCUT2D eigenvalue weighted by Crippen LogP contribution is 2.40. The van der Waals surface area contributed by atoms with Gasteiger partial charge in [0.05, 0.1) is 18.8 Å². The van der Waals surface area contributed by atoms with E-state index in [2.05, 4.69) is 10.4 Å². The Balaban J connectivity index is 2.02. The normalized spacial score (nSPS) is 16.1. The topological polar surface area (TPSA) is 169 Å². The predicted octanol–water partition coefficient (Wildman–Crippen LogP) is 1.83. The molecule has 1 aromatic carbocycles. The Labute approximate surface area is 210 Å². The van der Waals surface area contributed by atoms with Gasteiger partial charge in [-0.05, 0) is 32.0 Å². The van der Waals surface area contributed by atoms with Crippen molar-refractivity contribution in [2.75, 3.05) is 35.1 Å². The molecule has 0 bridgehead atoms. The van der Waals surface area contributed by atoms with Crippen LogP contribution in [-0.4, -0.2) is 75.5 Å². The zero-order chi connectivity index (χ0) is 27.6. The molecular weight excluding hydrogens is 547 g/mol. The lowest BCUT2D eigenvalue weighted by Crippen LogP contribution is -2.49. The molecule has 18 heteroatoms. The number of aryl methyl sites for hydroxylation is 1. The molecule has 0 spiro atoms. The van der Waals surface area contributed by atoms with Crippen LogP contribution >= 0.6 is 0 Å². The highest BCUT2D eigenvalue weighted by molar-refractivity contribution is 7.93. The van der Waals surface area contributed by atoms with Crippen LogP contribution in [-0.2, 0) is 26.6 Å². The molecule has 2 aromatic rings. The van der Waals surface area contributed by atoms with Crippen LogP contribution in [0.5, 0.6) is 11.6 Å². The molecule has 0 fully saturated rings. The van der Waals surface area contributed by atoms with E-state index in [9.17, 15) is 34.8 Å². The van der Waals surface area contributed by atoms with Crippen LogP contribution in [0.4, 0.5) is 29.3 Å². The summed E-state index contributed by atoms with van der Waals surface area (Å²) in [5.74, 6) is -2.39. The van der Waals surface area contributed by atoms with Gasteiger partial charge in [-0.1, -0.05) is 0 Å². The molecule has 1 aliphatic heterocycles. The first-order valence-electron chi connectivity index (χ1n) is 10.7. The van der Waals surface area contributed by atoms with Crippen molar-refractivity contribution < 1.29 is 49.4 Å². The first-order chi connectivity index (χ1) is 17.1. The number of nitrogens with one attached hydrogen (secondary N) is 2. The number of carbonyl (C=O) groups is 1. The number of halogens is 3. The van der Waals surface area contributed by atoms with Gasteiger partial charge in [-0.15, -0.1) is 5.10 Å². The molecule has 1 amide bonds. The largest absolute Gasteiger partial charge is 0.485 e. The lowest BCUT2D eigenvalue weighted by Gasteiger charge is -2.35. The number of hydrogen-bond donors (Lipinski definition) is 3. The minimum absolute atomic E-state index is 0.00802. The van der Waals surface area contributed by atoms with Gasteiger partial charge in [-0.2, -0.15) is 13.2 Å². The number of hydrogen-bond acceptors (Lipinski definition) is 8. The number of nitrogens with zero attached hydrogens (tertiary/aromatic N) is 3. The highest BCUT2D eigenvalue weighted by atomic mass is 32.2. The average molecular weight is 572 g/mol. The van der Waals surface area contributed by atoms with Crippen LogP contribution in [0.3, 0.4) is 0 Å². The second-order valence-corrected chi connectivity index (χ2v) is 11.3. The minimum Gasteiger partial charge on any atom is -0.485 e. The van der Waals surface area contributed by atoms with Gasteiger partial charge in [0.1, 0.15) is 11.9 Å². The fraction of sp³-hybridized carbons (Fsp3) is 0.474. The zero-order valence-electron chi connectivity index (χ0n) is 19.5. The number of aromatic nitrogens is 2. The van der Waals surface area contributed by atoms with Gasteiger partial charge < -0.3 is 14.6 Å². The van der Waals surface area contributed by atoms with Crippen LogP contribution in [0, 0.1) is 0 Å². The molecule has 0 aliphatic carbocycles.